The molecule has 1 atom stereocenters. The molecule has 0 spiro atoms. The van der Waals surface area contributed by atoms with Gasteiger partial charge >= 0.3 is 0 Å². The largest absolute Gasteiger partial charge is 0.344 e. The number of hydrogen-bond acceptors (Lipinski definition) is 5. The van der Waals surface area contributed by atoms with E-state index in [-0.39, 0.29) is 6.04 Å². The van der Waals surface area contributed by atoms with Gasteiger partial charge in [0.1, 0.15) is 11.6 Å². The molecule has 0 bridgehead atoms. The van der Waals surface area contributed by atoms with E-state index in [0.29, 0.717) is 11.0 Å². The van der Waals surface area contributed by atoms with Crippen molar-refractivity contribution in [3.63, 3.8) is 0 Å². The summed E-state index contributed by atoms with van der Waals surface area (Å²) in [4.78, 5) is 12.7. The molecule has 2 aromatic heterocycles. The molecule has 7 heteroatoms. The fourth-order valence-corrected chi connectivity index (χ4v) is 2.25. The maximum absolute atomic E-state index is 5.76. The van der Waals surface area contributed by atoms with Crippen LogP contribution in [-0.2, 0) is 6.54 Å². The predicted octanol–water partition coefficient (Wildman–Crippen LogP) is 1.98. The normalized spacial score (nSPS) is 18.4. The minimum atomic E-state index is 0.112. The van der Waals surface area contributed by atoms with Gasteiger partial charge in [0.25, 0.3) is 0 Å². The zero-order valence-corrected chi connectivity index (χ0v) is 10.7. The van der Waals surface area contributed by atoms with E-state index in [1.807, 2.05) is 11.6 Å². The molecular weight excluding hydrogens is 252 g/mol. The molecule has 1 aliphatic rings. The van der Waals surface area contributed by atoms with Crippen molar-refractivity contribution in [2.75, 3.05) is 5.32 Å². The summed E-state index contributed by atoms with van der Waals surface area (Å²) in [7, 11) is 0. The Morgan fingerprint density at radius 3 is 2.94 bits per heavy atom. The van der Waals surface area contributed by atoms with Crippen LogP contribution < -0.4 is 5.32 Å². The van der Waals surface area contributed by atoms with E-state index in [1.165, 1.54) is 0 Å². The third kappa shape index (κ3) is 2.15. The molecule has 1 aliphatic heterocycles. The number of anilines is 1. The highest BCUT2D eigenvalue weighted by Gasteiger charge is 2.23. The van der Waals surface area contributed by atoms with Gasteiger partial charge in [-0.1, -0.05) is 11.6 Å². The van der Waals surface area contributed by atoms with Gasteiger partial charge in [0, 0.05) is 6.54 Å². The second kappa shape index (κ2) is 4.53. The fraction of sp³-hybridized carbons (Fsp3) is 0.455. The van der Waals surface area contributed by atoms with Crippen molar-refractivity contribution in [3.05, 3.63) is 29.1 Å². The van der Waals surface area contributed by atoms with Gasteiger partial charge in [-0.25, -0.2) is 19.6 Å². The van der Waals surface area contributed by atoms with Crippen LogP contribution in [0.5, 0.6) is 0 Å². The van der Waals surface area contributed by atoms with Crippen molar-refractivity contribution in [2.45, 2.75) is 32.4 Å². The molecular formula is C11H13ClN6. The summed E-state index contributed by atoms with van der Waals surface area (Å²) >= 11 is 5.76. The lowest BCUT2D eigenvalue weighted by molar-refractivity contribution is 0.436. The Morgan fingerprint density at radius 2 is 2.17 bits per heavy atom. The third-order valence-electron chi connectivity index (χ3n) is 2.90. The lowest BCUT2D eigenvalue weighted by Crippen LogP contribution is -2.23. The molecule has 18 heavy (non-hydrogen) atoms. The highest BCUT2D eigenvalue weighted by atomic mass is 35.5. The molecule has 0 amide bonds. The van der Waals surface area contributed by atoms with E-state index >= 15 is 0 Å². The number of nitrogens with zero attached hydrogens (tertiary/aromatic N) is 5. The van der Waals surface area contributed by atoms with Crippen LogP contribution in [0, 0.1) is 6.92 Å². The van der Waals surface area contributed by atoms with Crippen LogP contribution in [0.2, 0.25) is 5.02 Å². The summed E-state index contributed by atoms with van der Waals surface area (Å²) in [5, 5.41) is 8.16. The molecule has 0 saturated carbocycles. The number of aromatic nitrogens is 5. The van der Waals surface area contributed by atoms with Crippen LogP contribution in [-0.4, -0.2) is 24.7 Å². The van der Waals surface area contributed by atoms with Crippen molar-refractivity contribution in [1.29, 1.82) is 0 Å². The standard InChI is InChI=1S/C11H13ClN6/c1-7-15-10-9(3-2-4-18(10)17-7)16-11-13-5-8(12)6-14-11/h5-6,9H,2-4H2,1H3,(H,13,14,16). The maximum Gasteiger partial charge on any atom is 0.223 e. The number of fused-ring (bicyclic) bond motifs is 1. The monoisotopic (exact) mass is 264 g/mol. The molecule has 6 nitrogen and oxygen atoms in total. The molecule has 1 N–H and O–H groups in total. The smallest absolute Gasteiger partial charge is 0.223 e. The topological polar surface area (TPSA) is 68.5 Å². The Balaban J connectivity index is 1.83. The first-order chi connectivity index (χ1) is 8.72. The Hall–Kier alpha value is -1.69. The van der Waals surface area contributed by atoms with Gasteiger partial charge in [-0.05, 0) is 19.8 Å². The highest BCUT2D eigenvalue weighted by Crippen LogP contribution is 2.25. The van der Waals surface area contributed by atoms with E-state index in [4.69, 9.17) is 11.6 Å². The van der Waals surface area contributed by atoms with Crippen molar-refractivity contribution >= 4 is 17.5 Å². The van der Waals surface area contributed by atoms with Crippen LogP contribution in [0.15, 0.2) is 12.4 Å². The molecule has 94 valence electrons. The molecule has 0 radical (unpaired) electrons. The van der Waals surface area contributed by atoms with Gasteiger partial charge < -0.3 is 5.32 Å². The quantitative estimate of drug-likeness (QED) is 0.898. The lowest BCUT2D eigenvalue weighted by atomic mass is 10.1. The minimum Gasteiger partial charge on any atom is -0.344 e. The van der Waals surface area contributed by atoms with Crippen LogP contribution in [0.4, 0.5) is 5.95 Å². The SMILES string of the molecule is Cc1nc2n(n1)CCCC2Nc1ncc(Cl)cn1. The lowest BCUT2D eigenvalue weighted by Gasteiger charge is -2.22. The van der Waals surface area contributed by atoms with Gasteiger partial charge in [0.05, 0.1) is 23.5 Å². The minimum absolute atomic E-state index is 0.112. The summed E-state index contributed by atoms with van der Waals surface area (Å²) in [6.45, 7) is 2.83. The van der Waals surface area contributed by atoms with Gasteiger partial charge in [-0.3, -0.25) is 0 Å². The summed E-state index contributed by atoms with van der Waals surface area (Å²) in [6, 6.07) is 0.112. The fourth-order valence-electron chi connectivity index (χ4n) is 2.15. The first-order valence-electron chi connectivity index (χ1n) is 5.88. The van der Waals surface area contributed by atoms with Crippen LogP contribution in [0.25, 0.3) is 0 Å². The number of nitrogens with one attached hydrogen (secondary N) is 1. The zero-order chi connectivity index (χ0) is 12.5. The van der Waals surface area contributed by atoms with Gasteiger partial charge in [0.15, 0.2) is 0 Å². The molecule has 0 saturated heterocycles. The van der Waals surface area contributed by atoms with Crippen LogP contribution >= 0.6 is 11.6 Å². The molecule has 1 unspecified atom stereocenters. The van der Waals surface area contributed by atoms with Crippen molar-refractivity contribution in [1.82, 2.24) is 24.7 Å². The number of rotatable bonds is 2. The highest BCUT2D eigenvalue weighted by molar-refractivity contribution is 6.30. The number of halogens is 1. The number of aryl methyl sites for hydroxylation is 2. The molecule has 3 rings (SSSR count). The van der Waals surface area contributed by atoms with E-state index in [2.05, 4.69) is 25.4 Å². The van der Waals surface area contributed by atoms with E-state index in [9.17, 15) is 0 Å². The zero-order valence-electron chi connectivity index (χ0n) is 9.97. The van der Waals surface area contributed by atoms with Crippen molar-refractivity contribution < 1.29 is 0 Å². The summed E-state index contributed by atoms with van der Waals surface area (Å²) in [5.41, 5.74) is 0. The summed E-state index contributed by atoms with van der Waals surface area (Å²) in [5.74, 6) is 2.33. The van der Waals surface area contributed by atoms with Gasteiger partial charge in [-0.2, -0.15) is 5.10 Å². The predicted molar refractivity (Wildman–Crippen MR) is 67.4 cm³/mol. The Labute approximate surface area is 109 Å². The summed E-state index contributed by atoms with van der Waals surface area (Å²) in [6.07, 6.45) is 5.23. The average Bonchev–Trinajstić information content (AvgIpc) is 2.73. The van der Waals surface area contributed by atoms with Crippen LogP contribution in [0.1, 0.15) is 30.5 Å². The molecule has 3 heterocycles. The Bertz CT molecular complexity index is 549. The van der Waals surface area contributed by atoms with E-state index < -0.39 is 0 Å². The molecule has 2 aromatic rings. The molecule has 0 aliphatic carbocycles. The Kier molecular flexibility index (Phi) is 2.87. The molecule has 0 fully saturated rings. The average molecular weight is 265 g/mol. The van der Waals surface area contributed by atoms with Gasteiger partial charge in [-0.15, -0.1) is 0 Å². The van der Waals surface area contributed by atoms with Crippen molar-refractivity contribution in [2.24, 2.45) is 0 Å². The second-order valence-electron chi connectivity index (χ2n) is 4.30. The Morgan fingerprint density at radius 1 is 1.39 bits per heavy atom. The molecule has 0 aromatic carbocycles. The van der Waals surface area contributed by atoms with Crippen LogP contribution in [0.3, 0.4) is 0 Å². The second-order valence-corrected chi connectivity index (χ2v) is 4.74. The van der Waals surface area contributed by atoms with E-state index in [1.54, 1.807) is 12.4 Å². The summed E-state index contributed by atoms with van der Waals surface area (Å²) < 4.78 is 1.95. The van der Waals surface area contributed by atoms with E-state index in [0.717, 1.165) is 31.0 Å². The first-order valence-corrected chi connectivity index (χ1v) is 6.25. The third-order valence-corrected chi connectivity index (χ3v) is 3.10. The van der Waals surface area contributed by atoms with Gasteiger partial charge in [0.2, 0.25) is 5.95 Å². The number of hydrogen-bond donors (Lipinski definition) is 1. The van der Waals surface area contributed by atoms with Crippen molar-refractivity contribution in [3.8, 4) is 0 Å². The first kappa shape index (κ1) is 11.4. The maximum atomic E-state index is 5.76.